The molecular weight excluding hydrogens is 242 g/mol. The van der Waals surface area contributed by atoms with Crippen LogP contribution in [0.2, 0.25) is 0 Å². The van der Waals surface area contributed by atoms with Crippen molar-refractivity contribution < 1.29 is 9.53 Å². The zero-order valence-electron chi connectivity index (χ0n) is 12.4. The van der Waals surface area contributed by atoms with Crippen LogP contribution in [0.5, 0.6) is 0 Å². The average Bonchev–Trinajstić information content (AvgIpc) is 2.62. The van der Waals surface area contributed by atoms with Crippen LogP contribution in [-0.2, 0) is 16.8 Å². The third-order valence-electron chi connectivity index (χ3n) is 2.49. The number of ether oxygens (including phenoxy) is 1. The molecule has 5 heteroatoms. The van der Waals surface area contributed by atoms with Crippen LogP contribution in [0.25, 0.3) is 0 Å². The molecule has 0 radical (unpaired) electrons. The van der Waals surface area contributed by atoms with Gasteiger partial charge in [0, 0.05) is 6.54 Å². The van der Waals surface area contributed by atoms with E-state index in [9.17, 15) is 4.79 Å². The van der Waals surface area contributed by atoms with Crippen molar-refractivity contribution in [2.45, 2.75) is 52.3 Å². The number of alkyl carbamates (subject to hydrolysis) is 1. The van der Waals surface area contributed by atoms with E-state index in [1.165, 1.54) is 0 Å². The van der Waals surface area contributed by atoms with Crippen molar-refractivity contribution in [3.05, 3.63) is 30.9 Å². The summed E-state index contributed by atoms with van der Waals surface area (Å²) in [5, 5.41) is 2.86. The Kier molecular flexibility index (Phi) is 4.39. The van der Waals surface area contributed by atoms with Gasteiger partial charge < -0.3 is 14.6 Å². The zero-order valence-corrected chi connectivity index (χ0v) is 12.4. The van der Waals surface area contributed by atoms with E-state index in [0.29, 0.717) is 6.54 Å². The van der Waals surface area contributed by atoms with Gasteiger partial charge in [-0.25, -0.2) is 9.78 Å². The number of carbonyl (C=O) groups is 1. The Balaban J connectivity index is 2.82. The molecule has 0 aliphatic rings. The summed E-state index contributed by atoms with van der Waals surface area (Å²) in [7, 11) is 0. The smallest absolute Gasteiger partial charge is 0.408 e. The lowest BCUT2D eigenvalue weighted by Gasteiger charge is -2.29. The summed E-state index contributed by atoms with van der Waals surface area (Å²) >= 11 is 0. The normalized spacial score (nSPS) is 12.1. The first-order chi connectivity index (χ1) is 8.65. The molecule has 1 rings (SSSR count). The molecule has 19 heavy (non-hydrogen) atoms. The number of rotatable bonds is 4. The van der Waals surface area contributed by atoms with E-state index < -0.39 is 17.2 Å². The summed E-state index contributed by atoms with van der Waals surface area (Å²) in [4.78, 5) is 16.0. The molecule has 0 unspecified atom stereocenters. The molecule has 5 nitrogen and oxygen atoms in total. The van der Waals surface area contributed by atoms with E-state index in [1.807, 2.05) is 39.2 Å². The van der Waals surface area contributed by atoms with Crippen LogP contribution in [0.1, 0.15) is 40.3 Å². The molecule has 0 fully saturated rings. The molecule has 1 heterocycles. The summed E-state index contributed by atoms with van der Waals surface area (Å²) in [6.07, 6.45) is 4.80. The van der Waals surface area contributed by atoms with Gasteiger partial charge in [-0.3, -0.25) is 0 Å². The highest BCUT2D eigenvalue weighted by molar-refractivity contribution is 5.68. The van der Waals surface area contributed by atoms with Crippen molar-refractivity contribution in [1.29, 1.82) is 0 Å². The Morgan fingerprint density at radius 1 is 1.47 bits per heavy atom. The van der Waals surface area contributed by atoms with Crippen LogP contribution in [0.15, 0.2) is 25.2 Å². The van der Waals surface area contributed by atoms with Gasteiger partial charge in [0.15, 0.2) is 0 Å². The van der Waals surface area contributed by atoms with E-state index in [4.69, 9.17) is 4.74 Å². The highest BCUT2D eigenvalue weighted by Gasteiger charge is 2.28. The maximum Gasteiger partial charge on any atom is 0.408 e. The molecule has 0 bridgehead atoms. The maximum absolute atomic E-state index is 11.9. The second-order valence-corrected chi connectivity index (χ2v) is 5.97. The van der Waals surface area contributed by atoms with Crippen LogP contribution in [-0.4, -0.2) is 21.2 Å². The fourth-order valence-electron chi connectivity index (χ4n) is 1.75. The van der Waals surface area contributed by atoms with Gasteiger partial charge in [0.2, 0.25) is 0 Å². The molecule has 1 amide bonds. The lowest BCUT2D eigenvalue weighted by atomic mass is 10.0. The zero-order chi connectivity index (χ0) is 14.7. The number of nitrogens with zero attached hydrogens (tertiary/aromatic N) is 2. The minimum atomic E-state index is -0.568. The second kappa shape index (κ2) is 5.47. The Hall–Kier alpha value is -1.78. The van der Waals surface area contributed by atoms with Gasteiger partial charge in [0.25, 0.3) is 0 Å². The first-order valence-electron chi connectivity index (χ1n) is 6.28. The van der Waals surface area contributed by atoms with Gasteiger partial charge in [0.05, 0.1) is 23.8 Å². The van der Waals surface area contributed by atoms with Gasteiger partial charge in [-0.2, -0.15) is 0 Å². The predicted octanol–water partition coefficient (Wildman–Crippen LogP) is 2.83. The summed E-state index contributed by atoms with van der Waals surface area (Å²) in [6.45, 7) is 13.7. The van der Waals surface area contributed by atoms with Crippen molar-refractivity contribution in [3.63, 3.8) is 0 Å². The number of allylic oxidation sites excluding steroid dienone is 1. The quantitative estimate of drug-likeness (QED) is 0.852. The lowest BCUT2D eigenvalue weighted by Crippen LogP contribution is -2.44. The minimum Gasteiger partial charge on any atom is -0.444 e. The predicted molar refractivity (Wildman–Crippen MR) is 74.8 cm³/mol. The first kappa shape index (κ1) is 15.3. The Labute approximate surface area is 114 Å². The number of imidazole rings is 1. The van der Waals surface area contributed by atoms with Crippen LogP contribution in [0.3, 0.4) is 0 Å². The molecule has 1 N–H and O–H groups in total. The van der Waals surface area contributed by atoms with Crippen molar-refractivity contribution in [3.8, 4) is 0 Å². The lowest BCUT2D eigenvalue weighted by molar-refractivity contribution is 0.0467. The van der Waals surface area contributed by atoms with E-state index >= 15 is 0 Å². The van der Waals surface area contributed by atoms with Gasteiger partial charge in [-0.05, 0) is 34.6 Å². The topological polar surface area (TPSA) is 56.2 Å². The molecule has 1 aromatic rings. The standard InChI is InChI=1S/C14H23N3O2/c1-7-8-17-10-15-9-11(17)14(5,6)16-12(18)19-13(2,3)4/h7,9-10H,1,8H2,2-6H3,(H,16,18). The van der Waals surface area contributed by atoms with E-state index in [0.717, 1.165) is 5.69 Å². The molecule has 0 atom stereocenters. The third kappa shape index (κ3) is 4.43. The fraction of sp³-hybridized carbons (Fsp3) is 0.571. The van der Waals surface area contributed by atoms with Crippen molar-refractivity contribution >= 4 is 6.09 Å². The molecule has 106 valence electrons. The van der Waals surface area contributed by atoms with Crippen molar-refractivity contribution in [2.75, 3.05) is 0 Å². The van der Waals surface area contributed by atoms with Crippen molar-refractivity contribution in [2.24, 2.45) is 0 Å². The minimum absolute atomic E-state index is 0.441. The molecule has 0 spiro atoms. The van der Waals surface area contributed by atoms with Gasteiger partial charge in [0.1, 0.15) is 5.60 Å². The molecule has 0 aliphatic carbocycles. The number of hydrogen-bond donors (Lipinski definition) is 1. The number of aromatic nitrogens is 2. The number of carbonyl (C=O) groups excluding carboxylic acids is 1. The van der Waals surface area contributed by atoms with Gasteiger partial charge in [-0.1, -0.05) is 6.08 Å². The largest absolute Gasteiger partial charge is 0.444 e. The first-order valence-corrected chi connectivity index (χ1v) is 6.28. The van der Waals surface area contributed by atoms with E-state index in [-0.39, 0.29) is 0 Å². The molecule has 0 aromatic carbocycles. The highest BCUT2D eigenvalue weighted by atomic mass is 16.6. The molecule has 0 saturated carbocycles. The summed E-state index contributed by atoms with van der Waals surface area (Å²) in [6, 6.07) is 0. The van der Waals surface area contributed by atoms with Crippen LogP contribution < -0.4 is 5.32 Å². The van der Waals surface area contributed by atoms with Gasteiger partial charge >= 0.3 is 6.09 Å². The number of nitrogens with one attached hydrogen (secondary N) is 1. The third-order valence-corrected chi connectivity index (χ3v) is 2.49. The van der Waals surface area contributed by atoms with Crippen LogP contribution >= 0.6 is 0 Å². The summed E-state index contributed by atoms with van der Waals surface area (Å²) < 4.78 is 7.21. The van der Waals surface area contributed by atoms with Gasteiger partial charge in [-0.15, -0.1) is 6.58 Å². The molecular formula is C14H23N3O2. The summed E-state index contributed by atoms with van der Waals surface area (Å²) in [5.41, 5.74) is -0.179. The summed E-state index contributed by atoms with van der Waals surface area (Å²) in [5.74, 6) is 0. The van der Waals surface area contributed by atoms with Crippen LogP contribution in [0, 0.1) is 0 Å². The fourth-order valence-corrected chi connectivity index (χ4v) is 1.75. The molecule has 0 saturated heterocycles. The Morgan fingerprint density at radius 2 is 2.11 bits per heavy atom. The van der Waals surface area contributed by atoms with E-state index in [2.05, 4.69) is 16.9 Å². The van der Waals surface area contributed by atoms with E-state index in [1.54, 1.807) is 18.6 Å². The second-order valence-electron chi connectivity index (χ2n) is 5.97. The number of hydrogen-bond acceptors (Lipinski definition) is 3. The monoisotopic (exact) mass is 265 g/mol. The Bertz CT molecular complexity index is 456. The number of amides is 1. The molecule has 0 aliphatic heterocycles. The van der Waals surface area contributed by atoms with Crippen LogP contribution in [0.4, 0.5) is 4.79 Å². The van der Waals surface area contributed by atoms with Crippen molar-refractivity contribution in [1.82, 2.24) is 14.9 Å². The molecule has 1 aromatic heterocycles. The highest BCUT2D eigenvalue weighted by Crippen LogP contribution is 2.20. The maximum atomic E-state index is 11.9. The SMILES string of the molecule is C=CCn1cncc1C(C)(C)NC(=O)OC(C)(C)C. The average molecular weight is 265 g/mol. The Morgan fingerprint density at radius 3 is 2.63 bits per heavy atom.